The Labute approximate surface area is 244 Å². The van der Waals surface area contributed by atoms with Gasteiger partial charge in [-0.05, 0) is 56.0 Å². The van der Waals surface area contributed by atoms with Crippen LogP contribution in [0.15, 0.2) is 65.6 Å². The van der Waals surface area contributed by atoms with Crippen LogP contribution in [-0.4, -0.2) is 84.4 Å². The van der Waals surface area contributed by atoms with Gasteiger partial charge >= 0.3 is 0 Å². The lowest BCUT2D eigenvalue weighted by Crippen LogP contribution is -2.60. The molecule has 0 aliphatic carbocycles. The third-order valence-electron chi connectivity index (χ3n) is 6.97. The standard InChI is InChI=1S/C31H42N4O5S/c1-4-5-18-31(38)35(32-30(37)24-33-19-12-13-20-33)28(21-26-14-8-6-9-15-26)29(36)23-34(22-25(2)3)41(39,40)27-16-10-7-11-17-27/h1,6-11,14-17,25,28-29,36H,5,12-13,18-24H2,2-3H3,(H,32,37)/t28?,29-/m1/s1. The van der Waals surface area contributed by atoms with Crippen molar-refractivity contribution in [3.8, 4) is 12.3 Å². The topological polar surface area (TPSA) is 110 Å². The van der Waals surface area contributed by atoms with Gasteiger partial charge in [0.25, 0.3) is 5.91 Å². The fourth-order valence-corrected chi connectivity index (χ4v) is 6.59. The number of likely N-dealkylation sites (tertiary alicyclic amines) is 1. The summed E-state index contributed by atoms with van der Waals surface area (Å²) in [5.74, 6) is 1.61. The zero-order valence-electron chi connectivity index (χ0n) is 24.0. The first kappa shape index (κ1) is 32.3. The normalized spacial score (nSPS) is 15.4. The number of hydrazine groups is 1. The molecule has 9 nitrogen and oxygen atoms in total. The average molecular weight is 583 g/mol. The Morgan fingerprint density at radius 1 is 1.02 bits per heavy atom. The molecule has 1 heterocycles. The Kier molecular flexibility index (Phi) is 12.4. The number of sulfonamides is 1. The number of hydrogen-bond acceptors (Lipinski definition) is 6. The fourth-order valence-electron chi connectivity index (χ4n) is 4.95. The van der Waals surface area contributed by atoms with E-state index in [4.69, 9.17) is 6.42 Å². The van der Waals surface area contributed by atoms with Gasteiger partial charge in [0.2, 0.25) is 15.9 Å². The lowest BCUT2D eigenvalue weighted by Gasteiger charge is -2.37. The van der Waals surface area contributed by atoms with Crippen LogP contribution in [0.3, 0.4) is 0 Å². The van der Waals surface area contributed by atoms with Gasteiger partial charge in [-0.2, -0.15) is 4.31 Å². The first-order chi connectivity index (χ1) is 19.6. The van der Waals surface area contributed by atoms with Crippen LogP contribution in [0.5, 0.6) is 0 Å². The Bertz CT molecular complexity index is 1260. The third kappa shape index (κ3) is 9.68. The number of amides is 2. The highest BCUT2D eigenvalue weighted by molar-refractivity contribution is 7.89. The van der Waals surface area contributed by atoms with Crippen LogP contribution in [0.2, 0.25) is 0 Å². The highest BCUT2D eigenvalue weighted by Crippen LogP contribution is 2.21. The number of nitrogens with one attached hydrogen (secondary N) is 1. The molecule has 2 N–H and O–H groups in total. The van der Waals surface area contributed by atoms with Crippen molar-refractivity contribution in [2.45, 2.75) is 63.0 Å². The molecule has 0 radical (unpaired) electrons. The molecule has 1 saturated heterocycles. The summed E-state index contributed by atoms with van der Waals surface area (Å²) in [6.45, 7) is 5.42. The van der Waals surface area contributed by atoms with Gasteiger partial charge in [-0.15, -0.1) is 12.3 Å². The smallest absolute Gasteiger partial charge is 0.252 e. The first-order valence-electron chi connectivity index (χ1n) is 14.2. The molecule has 0 spiro atoms. The van der Waals surface area contributed by atoms with Crippen LogP contribution in [0, 0.1) is 18.3 Å². The molecule has 0 saturated carbocycles. The van der Waals surface area contributed by atoms with Gasteiger partial charge in [0.15, 0.2) is 0 Å². The molecule has 10 heteroatoms. The monoisotopic (exact) mass is 582 g/mol. The Hall–Kier alpha value is -3.23. The molecule has 2 aromatic rings. The summed E-state index contributed by atoms with van der Waals surface area (Å²) in [5.41, 5.74) is 3.57. The summed E-state index contributed by atoms with van der Waals surface area (Å²) >= 11 is 0. The van der Waals surface area contributed by atoms with Gasteiger partial charge < -0.3 is 5.11 Å². The average Bonchev–Trinajstić information content (AvgIpc) is 3.47. The van der Waals surface area contributed by atoms with Crippen molar-refractivity contribution in [1.82, 2.24) is 19.6 Å². The van der Waals surface area contributed by atoms with Crippen LogP contribution >= 0.6 is 0 Å². The largest absolute Gasteiger partial charge is 0.390 e. The molecule has 0 bridgehead atoms. The van der Waals surface area contributed by atoms with Gasteiger partial charge in [0.1, 0.15) is 0 Å². The molecule has 41 heavy (non-hydrogen) atoms. The highest BCUT2D eigenvalue weighted by Gasteiger charge is 2.36. The molecular weight excluding hydrogens is 540 g/mol. The zero-order chi connectivity index (χ0) is 29.8. The van der Waals surface area contributed by atoms with E-state index < -0.39 is 28.1 Å². The minimum atomic E-state index is -3.95. The number of carbonyl (C=O) groups is 2. The van der Waals surface area contributed by atoms with Crippen molar-refractivity contribution in [2.75, 3.05) is 32.7 Å². The Morgan fingerprint density at radius 3 is 2.22 bits per heavy atom. The third-order valence-corrected chi connectivity index (χ3v) is 8.81. The Morgan fingerprint density at radius 2 is 1.63 bits per heavy atom. The predicted octanol–water partition coefficient (Wildman–Crippen LogP) is 2.67. The molecule has 1 aliphatic heterocycles. The van der Waals surface area contributed by atoms with E-state index in [1.54, 1.807) is 18.2 Å². The van der Waals surface area contributed by atoms with E-state index >= 15 is 0 Å². The van der Waals surface area contributed by atoms with Crippen molar-refractivity contribution in [2.24, 2.45) is 5.92 Å². The van der Waals surface area contributed by atoms with Gasteiger partial charge in [-0.1, -0.05) is 62.4 Å². The number of aliphatic hydroxyl groups excluding tert-OH is 1. The summed E-state index contributed by atoms with van der Waals surface area (Å²) in [7, 11) is -3.95. The molecule has 2 amide bonds. The SMILES string of the molecule is C#CCCC(=O)N(NC(=O)CN1CCCC1)C(Cc1ccccc1)[C@H](O)CN(CC(C)C)S(=O)(=O)c1ccccc1. The van der Waals surface area contributed by atoms with Gasteiger partial charge in [0, 0.05) is 25.9 Å². The lowest BCUT2D eigenvalue weighted by molar-refractivity contribution is -0.148. The number of terminal acetylenes is 1. The van der Waals surface area contributed by atoms with Crippen molar-refractivity contribution in [3.63, 3.8) is 0 Å². The quantitative estimate of drug-likeness (QED) is 0.262. The molecule has 1 unspecified atom stereocenters. The molecular formula is C31H42N4O5S. The lowest BCUT2D eigenvalue weighted by atomic mass is 9.99. The second kappa shape index (κ2) is 15.7. The minimum absolute atomic E-state index is 0.0261. The second-order valence-electron chi connectivity index (χ2n) is 10.8. The Balaban J connectivity index is 1.95. The fraction of sp³-hybridized carbons (Fsp3) is 0.484. The molecule has 1 fully saturated rings. The van der Waals surface area contributed by atoms with E-state index in [0.29, 0.717) is 0 Å². The van der Waals surface area contributed by atoms with Gasteiger partial charge in [0.05, 0.1) is 23.6 Å². The van der Waals surface area contributed by atoms with Crippen molar-refractivity contribution < 1.29 is 23.1 Å². The summed E-state index contributed by atoms with van der Waals surface area (Å²) in [6, 6.07) is 16.4. The van der Waals surface area contributed by atoms with E-state index in [0.717, 1.165) is 31.5 Å². The summed E-state index contributed by atoms with van der Waals surface area (Å²) in [6.07, 6.45) is 6.44. The van der Waals surface area contributed by atoms with Crippen molar-refractivity contribution >= 4 is 21.8 Å². The maximum atomic E-state index is 13.6. The van der Waals surface area contributed by atoms with Gasteiger partial charge in [-0.3, -0.25) is 19.9 Å². The number of hydrogen-bond donors (Lipinski definition) is 2. The summed E-state index contributed by atoms with van der Waals surface area (Å²) in [4.78, 5) is 28.7. The summed E-state index contributed by atoms with van der Waals surface area (Å²) < 4.78 is 28.5. The van der Waals surface area contributed by atoms with Crippen molar-refractivity contribution in [1.29, 1.82) is 0 Å². The first-order valence-corrected chi connectivity index (χ1v) is 15.6. The maximum Gasteiger partial charge on any atom is 0.252 e. The molecule has 2 aromatic carbocycles. The van der Waals surface area contributed by atoms with Crippen LogP contribution in [0.1, 0.15) is 45.1 Å². The van der Waals surface area contributed by atoms with Crippen LogP contribution in [-0.2, 0) is 26.0 Å². The van der Waals surface area contributed by atoms with Crippen LogP contribution in [0.25, 0.3) is 0 Å². The van der Waals surface area contributed by atoms with E-state index in [9.17, 15) is 23.1 Å². The van der Waals surface area contributed by atoms with Crippen LogP contribution < -0.4 is 5.43 Å². The predicted molar refractivity (Wildman–Crippen MR) is 159 cm³/mol. The van der Waals surface area contributed by atoms with Crippen molar-refractivity contribution in [3.05, 3.63) is 66.2 Å². The zero-order valence-corrected chi connectivity index (χ0v) is 24.8. The second-order valence-corrected chi connectivity index (χ2v) is 12.8. The van der Waals surface area contributed by atoms with E-state index in [-0.39, 0.29) is 55.6 Å². The number of nitrogens with zero attached hydrogens (tertiary/aromatic N) is 3. The molecule has 1 aliphatic rings. The molecule has 0 aromatic heterocycles. The molecule has 222 valence electrons. The van der Waals surface area contributed by atoms with Gasteiger partial charge in [-0.25, -0.2) is 13.4 Å². The minimum Gasteiger partial charge on any atom is -0.390 e. The number of aliphatic hydroxyl groups is 1. The molecule has 3 rings (SSSR count). The van der Waals surface area contributed by atoms with Crippen LogP contribution in [0.4, 0.5) is 0 Å². The maximum absolute atomic E-state index is 13.6. The number of carbonyl (C=O) groups excluding carboxylic acids is 2. The number of rotatable bonds is 14. The van der Waals surface area contributed by atoms with E-state index in [2.05, 4.69) is 11.3 Å². The highest BCUT2D eigenvalue weighted by atomic mass is 32.2. The number of benzene rings is 2. The van der Waals surface area contributed by atoms with E-state index in [1.165, 1.54) is 21.4 Å². The summed E-state index contributed by atoms with van der Waals surface area (Å²) in [5, 5.41) is 12.9. The molecule has 2 atom stereocenters. The van der Waals surface area contributed by atoms with E-state index in [1.807, 2.05) is 49.1 Å².